The Morgan fingerprint density at radius 1 is 1.54 bits per heavy atom. The van der Waals surface area contributed by atoms with Gasteiger partial charge in [0.1, 0.15) is 6.10 Å². The number of hydrogen-bond donors (Lipinski definition) is 1. The number of carbonyl (C=O) groups excluding carboxylic acids is 1. The van der Waals surface area contributed by atoms with E-state index in [1.54, 1.807) is 0 Å². The highest BCUT2D eigenvalue weighted by Gasteiger charge is 2.65. The summed E-state index contributed by atoms with van der Waals surface area (Å²) in [5.41, 5.74) is 0. The van der Waals surface area contributed by atoms with Crippen LogP contribution in [-0.2, 0) is 9.53 Å². The first-order valence-corrected chi connectivity index (χ1v) is 5.61. The fourth-order valence-electron chi connectivity index (χ4n) is 3.37. The second-order valence-electron chi connectivity index (χ2n) is 4.28. The number of ether oxygens (including phenoxy) is 1. The lowest BCUT2D eigenvalue weighted by molar-refractivity contribution is -0.144. The van der Waals surface area contributed by atoms with Crippen molar-refractivity contribution in [2.24, 2.45) is 23.7 Å². The molecular formula is C9H11BrO3. The molecule has 0 aromatic carbocycles. The molecular weight excluding hydrogens is 236 g/mol. The van der Waals surface area contributed by atoms with Gasteiger partial charge in [0.15, 0.2) is 0 Å². The van der Waals surface area contributed by atoms with Gasteiger partial charge in [-0.05, 0) is 18.3 Å². The zero-order chi connectivity index (χ0) is 9.16. The number of hydrogen-bond acceptors (Lipinski definition) is 3. The minimum Gasteiger partial charge on any atom is -0.461 e. The molecule has 4 heteroatoms. The molecule has 0 amide bonds. The molecule has 13 heavy (non-hydrogen) atoms. The van der Waals surface area contributed by atoms with Crippen LogP contribution >= 0.6 is 15.9 Å². The zero-order valence-corrected chi connectivity index (χ0v) is 8.61. The van der Waals surface area contributed by atoms with Gasteiger partial charge < -0.3 is 9.84 Å². The molecule has 2 aliphatic carbocycles. The molecule has 3 rings (SSSR count). The highest BCUT2D eigenvalue weighted by atomic mass is 79.9. The lowest BCUT2D eigenvalue weighted by atomic mass is 9.80. The van der Waals surface area contributed by atoms with E-state index in [2.05, 4.69) is 15.9 Å². The number of rotatable bonds is 1. The topological polar surface area (TPSA) is 46.5 Å². The molecule has 0 aromatic rings. The smallest absolute Gasteiger partial charge is 0.310 e. The molecule has 1 saturated heterocycles. The molecule has 0 unspecified atom stereocenters. The molecule has 2 bridgehead atoms. The Morgan fingerprint density at radius 2 is 2.31 bits per heavy atom. The van der Waals surface area contributed by atoms with Crippen LogP contribution in [0.1, 0.15) is 6.42 Å². The average molecular weight is 247 g/mol. The van der Waals surface area contributed by atoms with Crippen LogP contribution in [-0.4, -0.2) is 28.6 Å². The van der Waals surface area contributed by atoms with Crippen molar-refractivity contribution in [1.29, 1.82) is 0 Å². The number of alkyl halides is 1. The van der Waals surface area contributed by atoms with Crippen LogP contribution in [0.4, 0.5) is 0 Å². The monoisotopic (exact) mass is 246 g/mol. The number of aliphatic hydroxyl groups is 1. The summed E-state index contributed by atoms with van der Waals surface area (Å²) in [6, 6.07) is 0. The van der Waals surface area contributed by atoms with Gasteiger partial charge in [0.05, 0.1) is 10.7 Å². The van der Waals surface area contributed by atoms with Gasteiger partial charge in [-0.2, -0.15) is 0 Å². The fourth-order valence-corrected chi connectivity index (χ4v) is 4.48. The molecule has 1 aliphatic heterocycles. The maximum Gasteiger partial charge on any atom is 0.310 e. The fraction of sp³-hybridized carbons (Fsp3) is 0.889. The Morgan fingerprint density at radius 3 is 3.00 bits per heavy atom. The van der Waals surface area contributed by atoms with Gasteiger partial charge in [0.2, 0.25) is 0 Å². The molecule has 72 valence electrons. The summed E-state index contributed by atoms with van der Waals surface area (Å²) in [4.78, 5) is 11.7. The molecule has 0 aromatic heterocycles. The third-order valence-corrected chi connectivity index (χ3v) is 5.10. The first-order valence-electron chi connectivity index (χ1n) is 4.69. The molecule has 3 aliphatic rings. The van der Waals surface area contributed by atoms with E-state index in [4.69, 9.17) is 4.74 Å². The SMILES string of the molecule is O=C1O[C@H]2[C@H](Br)[C@@H]3C[C@H]2[C@@H]1[C@@H]3CO. The summed E-state index contributed by atoms with van der Waals surface area (Å²) in [7, 11) is 0. The number of fused-ring (bicyclic) bond motifs is 1. The van der Waals surface area contributed by atoms with Crippen molar-refractivity contribution in [3.63, 3.8) is 0 Å². The van der Waals surface area contributed by atoms with E-state index in [-0.39, 0.29) is 35.3 Å². The largest absolute Gasteiger partial charge is 0.461 e. The van der Waals surface area contributed by atoms with Gasteiger partial charge in [0.25, 0.3) is 0 Å². The molecule has 3 fully saturated rings. The van der Waals surface area contributed by atoms with Crippen molar-refractivity contribution in [2.45, 2.75) is 17.4 Å². The predicted octanol–water partition coefficient (Wildman–Crippen LogP) is 0.550. The van der Waals surface area contributed by atoms with E-state index in [0.717, 1.165) is 6.42 Å². The second-order valence-corrected chi connectivity index (χ2v) is 5.34. The summed E-state index contributed by atoms with van der Waals surface area (Å²) in [6.07, 6.45) is 1.13. The van der Waals surface area contributed by atoms with Crippen molar-refractivity contribution in [2.75, 3.05) is 6.61 Å². The van der Waals surface area contributed by atoms with Gasteiger partial charge in [-0.25, -0.2) is 0 Å². The van der Waals surface area contributed by atoms with E-state index >= 15 is 0 Å². The highest BCUT2D eigenvalue weighted by molar-refractivity contribution is 9.09. The van der Waals surface area contributed by atoms with Crippen LogP contribution in [0, 0.1) is 23.7 Å². The van der Waals surface area contributed by atoms with Crippen LogP contribution in [0.5, 0.6) is 0 Å². The minimum atomic E-state index is -0.0847. The maximum atomic E-state index is 11.5. The van der Waals surface area contributed by atoms with Crippen LogP contribution in [0.15, 0.2) is 0 Å². The molecule has 0 radical (unpaired) electrons. The first-order chi connectivity index (χ1) is 6.24. The summed E-state index contributed by atoms with van der Waals surface area (Å²) in [5, 5.41) is 9.22. The lowest BCUT2D eigenvalue weighted by Crippen LogP contribution is -2.35. The molecule has 0 spiro atoms. The van der Waals surface area contributed by atoms with E-state index < -0.39 is 0 Å². The van der Waals surface area contributed by atoms with Gasteiger partial charge in [-0.1, -0.05) is 15.9 Å². The summed E-state index contributed by atoms with van der Waals surface area (Å²) < 4.78 is 5.29. The van der Waals surface area contributed by atoms with Crippen molar-refractivity contribution < 1.29 is 14.6 Å². The minimum absolute atomic E-state index is 0.00574. The van der Waals surface area contributed by atoms with Crippen LogP contribution in [0.3, 0.4) is 0 Å². The summed E-state index contributed by atoms with van der Waals surface area (Å²) >= 11 is 3.57. The van der Waals surface area contributed by atoms with Gasteiger partial charge in [0, 0.05) is 12.5 Å². The summed E-state index contributed by atoms with van der Waals surface area (Å²) in [6.45, 7) is 0.121. The van der Waals surface area contributed by atoms with Crippen LogP contribution in [0.25, 0.3) is 0 Å². The molecule has 3 nitrogen and oxygen atoms in total. The number of carbonyl (C=O) groups is 1. The second kappa shape index (κ2) is 2.48. The Bertz CT molecular complexity index is 268. The standard InChI is InChI=1S/C9H11BrO3/c10-7-3-1-4-6(5(3)2-11)9(12)13-8(4)7/h3-8,11H,1-2H2/t3-,4+,5-,6-,7-,8-/m1/s1. The molecule has 6 atom stereocenters. The maximum absolute atomic E-state index is 11.5. The quantitative estimate of drug-likeness (QED) is 0.543. The van der Waals surface area contributed by atoms with E-state index in [1.807, 2.05) is 0 Å². The highest BCUT2D eigenvalue weighted by Crippen LogP contribution is 2.59. The van der Waals surface area contributed by atoms with E-state index in [0.29, 0.717) is 11.8 Å². The van der Waals surface area contributed by atoms with Crippen molar-refractivity contribution in [3.8, 4) is 0 Å². The van der Waals surface area contributed by atoms with Crippen molar-refractivity contribution in [3.05, 3.63) is 0 Å². The van der Waals surface area contributed by atoms with Gasteiger partial charge >= 0.3 is 5.97 Å². The lowest BCUT2D eigenvalue weighted by Gasteiger charge is -2.26. The Labute approximate surface area is 84.6 Å². The Kier molecular flexibility index (Phi) is 1.57. The first kappa shape index (κ1) is 8.24. The Balaban J connectivity index is 2.01. The third kappa shape index (κ3) is 0.814. The number of aliphatic hydroxyl groups excluding tert-OH is 1. The summed E-state index contributed by atoms with van der Waals surface area (Å²) in [5.74, 6) is 0.864. The van der Waals surface area contributed by atoms with Crippen LogP contribution < -0.4 is 0 Å². The van der Waals surface area contributed by atoms with Gasteiger partial charge in [-0.15, -0.1) is 0 Å². The normalized spacial score (nSPS) is 57.2. The average Bonchev–Trinajstić information content (AvgIpc) is 2.68. The third-order valence-electron chi connectivity index (χ3n) is 3.90. The Hall–Kier alpha value is -0.0900. The van der Waals surface area contributed by atoms with E-state index in [1.165, 1.54) is 0 Å². The van der Waals surface area contributed by atoms with E-state index in [9.17, 15) is 9.90 Å². The molecule has 1 N–H and O–H groups in total. The van der Waals surface area contributed by atoms with Crippen molar-refractivity contribution in [1.82, 2.24) is 0 Å². The molecule has 2 saturated carbocycles. The van der Waals surface area contributed by atoms with Gasteiger partial charge in [-0.3, -0.25) is 4.79 Å². The predicted molar refractivity (Wildman–Crippen MR) is 48.3 cm³/mol. The van der Waals surface area contributed by atoms with Crippen molar-refractivity contribution >= 4 is 21.9 Å². The molecule has 1 heterocycles. The number of halogens is 1. The zero-order valence-electron chi connectivity index (χ0n) is 7.02. The van der Waals surface area contributed by atoms with Crippen LogP contribution in [0.2, 0.25) is 0 Å². The number of esters is 1.